The van der Waals surface area contributed by atoms with E-state index in [2.05, 4.69) is 10.6 Å². The highest BCUT2D eigenvalue weighted by molar-refractivity contribution is 6.04. The summed E-state index contributed by atoms with van der Waals surface area (Å²) < 4.78 is 20.1. The van der Waals surface area contributed by atoms with Gasteiger partial charge in [0.15, 0.2) is 0 Å². The summed E-state index contributed by atoms with van der Waals surface area (Å²) in [6.45, 7) is 5.88. The van der Waals surface area contributed by atoms with Gasteiger partial charge in [0.2, 0.25) is 0 Å². The van der Waals surface area contributed by atoms with Crippen LogP contribution in [-0.4, -0.2) is 18.6 Å². The van der Waals surface area contributed by atoms with Crippen LogP contribution in [0.15, 0.2) is 36.4 Å². The molecule has 140 valence electrons. The Hall–Kier alpha value is -1.95. The lowest BCUT2D eigenvalue weighted by molar-refractivity contribution is 0.0657. The summed E-state index contributed by atoms with van der Waals surface area (Å²) in [5, 5.41) is 5.89. The number of nitrogens with one attached hydrogen (secondary N) is 2. The van der Waals surface area contributed by atoms with Gasteiger partial charge in [0.25, 0.3) is 5.91 Å². The Bertz CT molecular complexity index is 763. The molecule has 0 spiro atoms. The van der Waals surface area contributed by atoms with E-state index in [4.69, 9.17) is 4.74 Å². The van der Waals surface area contributed by atoms with E-state index in [-0.39, 0.29) is 35.9 Å². The van der Waals surface area contributed by atoms with Crippen molar-refractivity contribution in [3.63, 3.8) is 0 Å². The molecule has 0 aliphatic carbocycles. The molecular formula is C20H24ClFN2O2. The fourth-order valence-electron chi connectivity index (χ4n) is 2.84. The smallest absolute Gasteiger partial charge is 0.255 e. The molecule has 0 bridgehead atoms. The highest BCUT2D eigenvalue weighted by Crippen LogP contribution is 2.25. The number of benzene rings is 2. The number of ether oxygens (including phenoxy) is 1. The van der Waals surface area contributed by atoms with E-state index in [0.29, 0.717) is 30.7 Å². The number of anilines is 1. The fraction of sp³-hybridized carbons (Fsp3) is 0.350. The molecule has 0 fully saturated rings. The minimum Gasteiger partial charge on any atom is -0.374 e. The summed E-state index contributed by atoms with van der Waals surface area (Å²) >= 11 is 0. The molecule has 3 rings (SSSR count). The van der Waals surface area contributed by atoms with Crippen LogP contribution in [0.4, 0.5) is 10.1 Å². The molecule has 0 saturated heterocycles. The van der Waals surface area contributed by atoms with Crippen molar-refractivity contribution >= 4 is 24.0 Å². The van der Waals surface area contributed by atoms with Gasteiger partial charge in [0.05, 0.1) is 18.4 Å². The Morgan fingerprint density at radius 3 is 2.65 bits per heavy atom. The lowest BCUT2D eigenvalue weighted by atomic mass is 9.99. The molecule has 0 saturated carbocycles. The van der Waals surface area contributed by atoms with Crippen molar-refractivity contribution in [3.8, 4) is 0 Å². The van der Waals surface area contributed by atoms with Gasteiger partial charge in [-0.1, -0.05) is 18.2 Å². The van der Waals surface area contributed by atoms with Crippen molar-refractivity contribution in [3.05, 3.63) is 64.5 Å². The zero-order valence-electron chi connectivity index (χ0n) is 15.0. The SMILES string of the molecule is CC(C)OCc1ccc(C(=O)Nc2ccc3c(c2F)CCNC3)cc1.Cl. The summed E-state index contributed by atoms with van der Waals surface area (Å²) in [5.41, 5.74) is 3.37. The molecule has 2 aromatic rings. The third-order valence-corrected chi connectivity index (χ3v) is 4.26. The molecule has 0 unspecified atom stereocenters. The van der Waals surface area contributed by atoms with Crippen molar-refractivity contribution in [1.29, 1.82) is 0 Å². The van der Waals surface area contributed by atoms with Gasteiger partial charge >= 0.3 is 0 Å². The van der Waals surface area contributed by atoms with E-state index in [9.17, 15) is 9.18 Å². The first-order valence-electron chi connectivity index (χ1n) is 8.57. The maximum absolute atomic E-state index is 14.6. The average molecular weight is 379 g/mol. The maximum atomic E-state index is 14.6. The highest BCUT2D eigenvalue weighted by Gasteiger charge is 2.18. The molecule has 1 aliphatic rings. The summed E-state index contributed by atoms with van der Waals surface area (Å²) in [4.78, 5) is 12.4. The van der Waals surface area contributed by atoms with Crippen molar-refractivity contribution in [2.45, 2.75) is 39.5 Å². The maximum Gasteiger partial charge on any atom is 0.255 e. The van der Waals surface area contributed by atoms with Crippen LogP contribution in [0.3, 0.4) is 0 Å². The van der Waals surface area contributed by atoms with E-state index in [1.165, 1.54) is 0 Å². The molecule has 4 nitrogen and oxygen atoms in total. The van der Waals surface area contributed by atoms with Gasteiger partial charge < -0.3 is 15.4 Å². The first-order valence-corrected chi connectivity index (χ1v) is 8.57. The molecule has 6 heteroatoms. The number of amides is 1. The average Bonchev–Trinajstić information content (AvgIpc) is 2.63. The van der Waals surface area contributed by atoms with Gasteiger partial charge in [-0.05, 0) is 61.7 Å². The third kappa shape index (κ3) is 4.81. The first-order chi connectivity index (χ1) is 12.0. The molecular weight excluding hydrogens is 355 g/mol. The standard InChI is InChI=1S/C20H23FN2O2.ClH/c1-13(2)25-12-14-3-5-15(6-4-14)20(24)23-18-8-7-16-11-22-10-9-17(16)19(18)21;/h3-8,13,22H,9-12H2,1-2H3,(H,23,24);1H. The van der Waals surface area contributed by atoms with Crippen LogP contribution < -0.4 is 10.6 Å². The van der Waals surface area contributed by atoms with Gasteiger partial charge in [0, 0.05) is 12.1 Å². The van der Waals surface area contributed by atoms with Crippen LogP contribution in [0.5, 0.6) is 0 Å². The van der Waals surface area contributed by atoms with E-state index in [1.54, 1.807) is 18.2 Å². The van der Waals surface area contributed by atoms with Crippen molar-refractivity contribution in [1.82, 2.24) is 5.32 Å². The van der Waals surface area contributed by atoms with Crippen molar-refractivity contribution < 1.29 is 13.9 Å². The second-order valence-corrected chi connectivity index (χ2v) is 6.50. The Kier molecular flexibility index (Phi) is 7.14. The van der Waals surface area contributed by atoms with E-state index >= 15 is 0 Å². The second kappa shape index (κ2) is 9.12. The Morgan fingerprint density at radius 1 is 1.23 bits per heavy atom. The van der Waals surface area contributed by atoms with E-state index in [0.717, 1.165) is 17.7 Å². The van der Waals surface area contributed by atoms with Gasteiger partial charge in [-0.2, -0.15) is 0 Å². The largest absolute Gasteiger partial charge is 0.374 e. The van der Waals surface area contributed by atoms with Gasteiger partial charge in [-0.3, -0.25) is 4.79 Å². The zero-order valence-corrected chi connectivity index (χ0v) is 15.8. The zero-order chi connectivity index (χ0) is 17.8. The normalized spacial score (nSPS) is 13.1. The highest BCUT2D eigenvalue weighted by atomic mass is 35.5. The predicted molar refractivity (Wildman–Crippen MR) is 103 cm³/mol. The molecule has 0 aromatic heterocycles. The second-order valence-electron chi connectivity index (χ2n) is 6.50. The molecule has 1 aliphatic heterocycles. The number of hydrogen-bond acceptors (Lipinski definition) is 3. The molecule has 26 heavy (non-hydrogen) atoms. The summed E-state index contributed by atoms with van der Waals surface area (Å²) in [7, 11) is 0. The monoisotopic (exact) mass is 378 g/mol. The first kappa shape index (κ1) is 20.4. The van der Waals surface area contributed by atoms with Crippen LogP contribution in [0.1, 0.15) is 40.9 Å². The quantitative estimate of drug-likeness (QED) is 0.824. The number of carbonyl (C=O) groups is 1. The van der Waals surface area contributed by atoms with Crippen molar-refractivity contribution in [2.75, 3.05) is 11.9 Å². The minimum atomic E-state index is -0.325. The topological polar surface area (TPSA) is 50.4 Å². The van der Waals surface area contributed by atoms with Gasteiger partial charge in [0.1, 0.15) is 5.82 Å². The van der Waals surface area contributed by atoms with Crippen LogP contribution >= 0.6 is 12.4 Å². The van der Waals surface area contributed by atoms with Gasteiger partial charge in [-0.15, -0.1) is 12.4 Å². The third-order valence-electron chi connectivity index (χ3n) is 4.26. The molecule has 0 atom stereocenters. The fourth-order valence-corrected chi connectivity index (χ4v) is 2.84. The number of fused-ring (bicyclic) bond motifs is 1. The predicted octanol–water partition coefficient (Wildman–Crippen LogP) is 4.07. The number of halogens is 2. The lowest BCUT2D eigenvalue weighted by Gasteiger charge is -2.19. The molecule has 1 heterocycles. The molecule has 0 radical (unpaired) electrons. The molecule has 2 N–H and O–H groups in total. The van der Waals surface area contributed by atoms with E-state index < -0.39 is 0 Å². The minimum absolute atomic E-state index is 0. The number of rotatable bonds is 5. The van der Waals surface area contributed by atoms with Crippen LogP contribution in [-0.2, 0) is 24.3 Å². The van der Waals surface area contributed by atoms with Crippen LogP contribution in [0.25, 0.3) is 0 Å². The van der Waals surface area contributed by atoms with Crippen molar-refractivity contribution in [2.24, 2.45) is 0 Å². The summed E-state index contributed by atoms with van der Waals surface area (Å²) in [5.74, 6) is -0.640. The van der Waals surface area contributed by atoms with Gasteiger partial charge in [-0.25, -0.2) is 4.39 Å². The summed E-state index contributed by atoms with van der Waals surface area (Å²) in [6.07, 6.45) is 0.792. The molecule has 2 aromatic carbocycles. The Balaban J connectivity index is 0.00000243. The summed E-state index contributed by atoms with van der Waals surface area (Å²) in [6, 6.07) is 10.7. The molecule has 1 amide bonds. The lowest BCUT2D eigenvalue weighted by Crippen LogP contribution is -2.25. The van der Waals surface area contributed by atoms with E-state index in [1.807, 2.05) is 32.0 Å². The Labute approximate surface area is 159 Å². The van der Waals surface area contributed by atoms with Crippen LogP contribution in [0.2, 0.25) is 0 Å². The van der Waals surface area contributed by atoms with Crippen LogP contribution in [0, 0.1) is 5.82 Å². The Morgan fingerprint density at radius 2 is 1.96 bits per heavy atom. The number of carbonyl (C=O) groups excluding carboxylic acids is 1. The number of hydrogen-bond donors (Lipinski definition) is 2.